The molecule has 0 fully saturated rings. The topological polar surface area (TPSA) is 127 Å². The molecule has 0 aliphatic carbocycles. The Labute approximate surface area is 177 Å². The first kappa shape index (κ1) is 21.1. The van der Waals surface area contributed by atoms with Gasteiger partial charge in [-0.05, 0) is 19.4 Å². The van der Waals surface area contributed by atoms with E-state index >= 15 is 0 Å². The van der Waals surface area contributed by atoms with Crippen LogP contribution in [0.15, 0.2) is 30.3 Å². The van der Waals surface area contributed by atoms with Crippen molar-refractivity contribution in [2.45, 2.75) is 13.8 Å². The van der Waals surface area contributed by atoms with Crippen molar-refractivity contribution in [1.29, 1.82) is 5.26 Å². The molecule has 154 valence electrons. The monoisotopic (exact) mass is 424 g/mol. The number of nitrogens with zero attached hydrogens (tertiary/aromatic N) is 2. The maximum atomic E-state index is 12.3. The third-order valence-electron chi connectivity index (χ3n) is 4.22. The minimum absolute atomic E-state index is 0.152. The van der Waals surface area contributed by atoms with Crippen LogP contribution in [0.3, 0.4) is 0 Å². The minimum atomic E-state index is -0.545. The largest absolute Gasteiger partial charge is 0.465 e. The first-order chi connectivity index (χ1) is 14.5. The Morgan fingerprint density at radius 1 is 1.20 bits per heavy atom. The normalized spacial score (nSPS) is 10.4. The molecule has 2 heterocycles. The average Bonchev–Trinajstić information content (AvgIpc) is 3.08. The van der Waals surface area contributed by atoms with Gasteiger partial charge in [-0.25, -0.2) is 9.78 Å². The Bertz CT molecular complexity index is 1140. The SMILES string of the molecule is CCOC(=O)CNc1nc2sc(C(=O)OCC)c(N)c2c(-c2ccccc2)c1C#N. The number of carbonyl (C=O) groups is 2. The lowest BCUT2D eigenvalue weighted by Crippen LogP contribution is -2.18. The van der Waals surface area contributed by atoms with Crippen LogP contribution in [0.1, 0.15) is 29.1 Å². The highest BCUT2D eigenvalue weighted by Crippen LogP contribution is 2.43. The van der Waals surface area contributed by atoms with Crippen LogP contribution in [-0.4, -0.2) is 36.7 Å². The summed E-state index contributed by atoms with van der Waals surface area (Å²) in [5.74, 6) is -0.799. The molecule has 0 unspecified atom stereocenters. The smallest absolute Gasteiger partial charge is 0.350 e. The van der Waals surface area contributed by atoms with Crippen molar-refractivity contribution in [3.63, 3.8) is 0 Å². The van der Waals surface area contributed by atoms with Gasteiger partial charge in [-0.2, -0.15) is 5.26 Å². The van der Waals surface area contributed by atoms with Crippen molar-refractivity contribution < 1.29 is 19.1 Å². The molecule has 3 N–H and O–H groups in total. The molecule has 0 aliphatic rings. The fourth-order valence-electron chi connectivity index (χ4n) is 3.00. The number of hydrogen-bond acceptors (Lipinski definition) is 9. The molecular weight excluding hydrogens is 404 g/mol. The van der Waals surface area contributed by atoms with Crippen LogP contribution in [0.25, 0.3) is 21.3 Å². The molecule has 0 saturated carbocycles. The summed E-state index contributed by atoms with van der Waals surface area (Å²) in [7, 11) is 0. The third-order valence-corrected chi connectivity index (χ3v) is 5.30. The number of rotatable bonds is 7. The predicted molar refractivity (Wildman–Crippen MR) is 115 cm³/mol. The third kappa shape index (κ3) is 4.04. The number of nitriles is 1. The van der Waals surface area contributed by atoms with Gasteiger partial charge in [-0.15, -0.1) is 11.3 Å². The molecule has 0 amide bonds. The second-order valence-corrected chi connectivity index (χ2v) is 7.09. The van der Waals surface area contributed by atoms with E-state index in [1.807, 2.05) is 30.3 Å². The van der Waals surface area contributed by atoms with E-state index in [-0.39, 0.29) is 41.7 Å². The number of thiophene rings is 1. The molecule has 9 heteroatoms. The highest BCUT2D eigenvalue weighted by atomic mass is 32.1. The number of hydrogen-bond donors (Lipinski definition) is 2. The lowest BCUT2D eigenvalue weighted by Gasteiger charge is -2.13. The summed E-state index contributed by atoms with van der Waals surface area (Å²) in [6.07, 6.45) is 0. The highest BCUT2D eigenvalue weighted by Gasteiger charge is 2.25. The van der Waals surface area contributed by atoms with Gasteiger partial charge in [0.25, 0.3) is 0 Å². The lowest BCUT2D eigenvalue weighted by atomic mass is 9.97. The van der Waals surface area contributed by atoms with Gasteiger partial charge < -0.3 is 20.5 Å². The molecule has 30 heavy (non-hydrogen) atoms. The number of nitrogens with one attached hydrogen (secondary N) is 1. The number of nitrogens with two attached hydrogens (primary N) is 1. The predicted octanol–water partition coefficient (Wildman–Crippen LogP) is 3.57. The van der Waals surface area contributed by atoms with Gasteiger partial charge in [0.15, 0.2) is 0 Å². The van der Waals surface area contributed by atoms with Crippen LogP contribution in [0.2, 0.25) is 0 Å². The number of pyridine rings is 1. The second-order valence-electron chi connectivity index (χ2n) is 6.09. The van der Waals surface area contributed by atoms with Crippen molar-refractivity contribution >= 4 is 45.0 Å². The maximum absolute atomic E-state index is 12.3. The van der Waals surface area contributed by atoms with E-state index in [2.05, 4.69) is 16.4 Å². The average molecular weight is 424 g/mol. The van der Waals surface area contributed by atoms with E-state index < -0.39 is 11.9 Å². The maximum Gasteiger partial charge on any atom is 0.350 e. The minimum Gasteiger partial charge on any atom is -0.465 e. The zero-order valence-corrected chi connectivity index (χ0v) is 17.3. The van der Waals surface area contributed by atoms with Crippen molar-refractivity contribution in [3.8, 4) is 17.2 Å². The Kier molecular flexibility index (Phi) is 6.49. The number of esters is 2. The van der Waals surface area contributed by atoms with Crippen molar-refractivity contribution in [3.05, 3.63) is 40.8 Å². The summed E-state index contributed by atoms with van der Waals surface area (Å²) < 4.78 is 10.0. The second kappa shape index (κ2) is 9.24. The number of nitrogen functional groups attached to an aromatic ring is 1. The summed E-state index contributed by atoms with van der Waals surface area (Å²) in [4.78, 5) is 29.3. The molecule has 0 atom stereocenters. The van der Waals surface area contributed by atoms with Crippen LogP contribution in [-0.2, 0) is 14.3 Å². The van der Waals surface area contributed by atoms with E-state index in [0.29, 0.717) is 15.8 Å². The highest BCUT2D eigenvalue weighted by molar-refractivity contribution is 7.21. The van der Waals surface area contributed by atoms with Gasteiger partial charge in [0.1, 0.15) is 33.7 Å². The molecule has 8 nitrogen and oxygen atoms in total. The molecule has 0 spiro atoms. The standard InChI is InChI=1S/C21H20N4O4S/c1-3-28-14(26)11-24-19-13(10-22)15(12-8-6-5-7-9-12)16-17(23)18(21(27)29-4-2)30-20(16)25-19/h5-9H,3-4,11,23H2,1-2H3,(H,24,25). The molecule has 0 radical (unpaired) electrons. The fourth-order valence-corrected chi connectivity index (χ4v) is 4.00. The van der Waals surface area contributed by atoms with Crippen LogP contribution >= 0.6 is 11.3 Å². The lowest BCUT2D eigenvalue weighted by molar-refractivity contribution is -0.140. The molecule has 0 aliphatic heterocycles. The van der Waals surface area contributed by atoms with Gasteiger partial charge in [0.2, 0.25) is 0 Å². The van der Waals surface area contributed by atoms with Gasteiger partial charge >= 0.3 is 11.9 Å². The first-order valence-corrected chi connectivity index (χ1v) is 10.1. The number of aromatic nitrogens is 1. The van der Waals surface area contributed by atoms with Crippen LogP contribution in [0.5, 0.6) is 0 Å². The molecule has 0 saturated heterocycles. The Balaban J connectivity index is 2.24. The molecule has 0 bridgehead atoms. The number of benzene rings is 1. The molecule has 3 aromatic rings. The molecule has 2 aromatic heterocycles. The fraction of sp³-hybridized carbons (Fsp3) is 0.238. The summed E-state index contributed by atoms with van der Waals surface area (Å²) in [6, 6.07) is 11.4. The summed E-state index contributed by atoms with van der Waals surface area (Å²) >= 11 is 1.08. The van der Waals surface area contributed by atoms with Crippen LogP contribution in [0.4, 0.5) is 11.5 Å². The zero-order valence-electron chi connectivity index (χ0n) is 16.5. The Morgan fingerprint density at radius 3 is 2.53 bits per heavy atom. The number of ether oxygens (including phenoxy) is 2. The Hall–Kier alpha value is -3.64. The van der Waals surface area contributed by atoms with E-state index in [1.165, 1.54) is 0 Å². The van der Waals surface area contributed by atoms with Gasteiger partial charge in [-0.1, -0.05) is 30.3 Å². The number of carbonyl (C=O) groups excluding carboxylic acids is 2. The van der Waals surface area contributed by atoms with Gasteiger partial charge in [-0.3, -0.25) is 4.79 Å². The van der Waals surface area contributed by atoms with Crippen LogP contribution < -0.4 is 11.1 Å². The zero-order chi connectivity index (χ0) is 21.7. The number of fused-ring (bicyclic) bond motifs is 1. The van der Waals surface area contributed by atoms with Crippen molar-refractivity contribution in [1.82, 2.24) is 4.98 Å². The first-order valence-electron chi connectivity index (χ1n) is 9.29. The van der Waals surface area contributed by atoms with E-state index in [9.17, 15) is 14.9 Å². The van der Waals surface area contributed by atoms with Crippen LogP contribution in [0, 0.1) is 11.3 Å². The van der Waals surface area contributed by atoms with E-state index in [4.69, 9.17) is 15.2 Å². The van der Waals surface area contributed by atoms with Crippen molar-refractivity contribution in [2.75, 3.05) is 30.8 Å². The molecule has 1 aromatic carbocycles. The summed E-state index contributed by atoms with van der Waals surface area (Å²) in [5.41, 5.74) is 8.02. The van der Waals surface area contributed by atoms with Gasteiger partial charge in [0.05, 0.1) is 18.9 Å². The quantitative estimate of drug-likeness (QED) is 0.551. The number of anilines is 2. The van der Waals surface area contributed by atoms with E-state index in [0.717, 1.165) is 16.9 Å². The van der Waals surface area contributed by atoms with Gasteiger partial charge in [0, 0.05) is 10.9 Å². The Morgan fingerprint density at radius 2 is 1.90 bits per heavy atom. The molecule has 3 rings (SSSR count). The molecular formula is C21H20N4O4S. The van der Waals surface area contributed by atoms with E-state index in [1.54, 1.807) is 13.8 Å². The van der Waals surface area contributed by atoms with Crippen molar-refractivity contribution in [2.24, 2.45) is 0 Å². The summed E-state index contributed by atoms with van der Waals surface area (Å²) in [6.45, 7) is 3.72. The summed E-state index contributed by atoms with van der Waals surface area (Å²) in [5, 5.41) is 13.3.